The van der Waals surface area contributed by atoms with E-state index in [0.717, 1.165) is 66.0 Å². The highest BCUT2D eigenvalue weighted by Crippen LogP contribution is 2.33. The number of nitrogens with one attached hydrogen (secondary N) is 2. The third-order valence-corrected chi connectivity index (χ3v) is 7.06. The molecule has 4 aromatic rings. The molecule has 2 N–H and O–H groups in total. The number of rotatable bonds is 11. The number of aldehydes is 1. The molecule has 0 spiro atoms. The average molecular weight is 511 g/mol. The molecule has 0 saturated heterocycles. The average Bonchev–Trinajstić information content (AvgIpc) is 3.62. The van der Waals surface area contributed by atoms with Gasteiger partial charge in [-0.25, -0.2) is 0 Å². The maximum Gasteiger partial charge on any atom is 0.231 e. The van der Waals surface area contributed by atoms with E-state index >= 15 is 0 Å². The van der Waals surface area contributed by atoms with E-state index in [-0.39, 0.29) is 13.6 Å². The van der Waals surface area contributed by atoms with Crippen molar-refractivity contribution < 1.29 is 23.7 Å². The van der Waals surface area contributed by atoms with Gasteiger partial charge in [0, 0.05) is 18.7 Å². The zero-order valence-electron chi connectivity index (χ0n) is 21.1. The lowest BCUT2D eigenvalue weighted by Crippen LogP contribution is -2.19. The van der Waals surface area contributed by atoms with Gasteiger partial charge in [0.1, 0.15) is 0 Å². The Balaban J connectivity index is 1.10. The maximum atomic E-state index is 11.8. The lowest BCUT2D eigenvalue weighted by molar-refractivity contribution is 0.112. The molecular weight excluding hydrogens is 480 g/mol. The van der Waals surface area contributed by atoms with Crippen LogP contribution in [0.3, 0.4) is 0 Å². The molecule has 0 aliphatic carbocycles. The Morgan fingerprint density at radius 3 is 1.84 bits per heavy atom. The minimum absolute atomic E-state index is 0.288. The third-order valence-electron chi connectivity index (χ3n) is 7.06. The minimum atomic E-state index is 0.288. The second-order valence-corrected chi connectivity index (χ2v) is 9.50. The molecule has 0 atom stereocenters. The smallest absolute Gasteiger partial charge is 0.231 e. The molecule has 0 unspecified atom stereocenters. The first-order chi connectivity index (χ1) is 18.8. The largest absolute Gasteiger partial charge is 0.454 e. The van der Waals surface area contributed by atoms with E-state index in [1.165, 1.54) is 22.3 Å². The number of ether oxygens (including phenoxy) is 4. The van der Waals surface area contributed by atoms with Gasteiger partial charge in [-0.2, -0.15) is 0 Å². The molecule has 2 aliphatic heterocycles. The van der Waals surface area contributed by atoms with E-state index < -0.39 is 0 Å². The van der Waals surface area contributed by atoms with Crippen molar-refractivity contribution in [3.63, 3.8) is 0 Å². The molecule has 6 rings (SSSR count). The van der Waals surface area contributed by atoms with Crippen LogP contribution in [0, 0.1) is 0 Å². The Morgan fingerprint density at radius 2 is 1.24 bits per heavy atom. The van der Waals surface area contributed by atoms with Gasteiger partial charge in [0.15, 0.2) is 29.3 Å². The Morgan fingerprint density at radius 1 is 0.658 bits per heavy atom. The summed E-state index contributed by atoms with van der Waals surface area (Å²) in [6, 6.07) is 22.4. The molecule has 0 radical (unpaired) electrons. The Kier molecular flexibility index (Phi) is 7.11. The summed E-state index contributed by atoms with van der Waals surface area (Å²) < 4.78 is 21.8. The van der Waals surface area contributed by atoms with Crippen molar-refractivity contribution in [1.29, 1.82) is 0 Å². The number of benzene rings is 4. The monoisotopic (exact) mass is 510 g/mol. The standard InChI is InChI=1S/C31H30N2O5/c34-18-25-7-6-24(17-33-13-11-22-5-9-28-30(15-22)38-20-36-28)31-23(2-1-3-26(25)31)16-32-12-10-21-4-8-27-29(14-21)37-19-35-27/h1-9,14-15,18,32-33H,10-13,16-17,19-20H2. The Hall–Kier alpha value is -4.07. The zero-order valence-corrected chi connectivity index (χ0v) is 21.1. The van der Waals surface area contributed by atoms with Gasteiger partial charge in [-0.05, 0) is 83.2 Å². The maximum absolute atomic E-state index is 11.8. The van der Waals surface area contributed by atoms with E-state index in [2.05, 4.69) is 34.9 Å². The van der Waals surface area contributed by atoms with Crippen LogP contribution in [0.2, 0.25) is 0 Å². The molecule has 4 aromatic carbocycles. The number of carbonyl (C=O) groups excluding carboxylic acids is 1. The zero-order chi connectivity index (χ0) is 25.7. The molecule has 2 aliphatic rings. The van der Waals surface area contributed by atoms with E-state index in [9.17, 15) is 4.79 Å². The molecule has 0 fully saturated rings. The van der Waals surface area contributed by atoms with Crippen molar-refractivity contribution in [2.75, 3.05) is 26.7 Å². The summed E-state index contributed by atoms with van der Waals surface area (Å²) in [5, 5.41) is 9.29. The summed E-state index contributed by atoms with van der Waals surface area (Å²) in [7, 11) is 0. The summed E-state index contributed by atoms with van der Waals surface area (Å²) in [5.41, 5.74) is 5.49. The van der Waals surface area contributed by atoms with Crippen molar-refractivity contribution in [3.8, 4) is 23.0 Å². The summed E-state index contributed by atoms with van der Waals surface area (Å²) >= 11 is 0. The van der Waals surface area contributed by atoms with Crippen LogP contribution in [0.25, 0.3) is 10.8 Å². The van der Waals surface area contributed by atoms with E-state index in [4.69, 9.17) is 18.9 Å². The molecule has 38 heavy (non-hydrogen) atoms. The lowest BCUT2D eigenvalue weighted by atomic mass is 9.95. The van der Waals surface area contributed by atoms with Gasteiger partial charge in [-0.3, -0.25) is 4.79 Å². The molecule has 0 amide bonds. The first-order valence-corrected chi connectivity index (χ1v) is 13.0. The summed E-state index contributed by atoms with van der Waals surface area (Å²) in [6.07, 6.45) is 2.71. The van der Waals surface area contributed by atoms with Crippen molar-refractivity contribution >= 4 is 17.1 Å². The number of carbonyl (C=O) groups is 1. The van der Waals surface area contributed by atoms with Crippen LogP contribution in [0.5, 0.6) is 23.0 Å². The molecule has 194 valence electrons. The molecule has 2 heterocycles. The van der Waals surface area contributed by atoms with E-state index in [1.807, 2.05) is 42.5 Å². The predicted molar refractivity (Wildman–Crippen MR) is 145 cm³/mol. The van der Waals surface area contributed by atoms with Gasteiger partial charge in [0.05, 0.1) is 0 Å². The highest BCUT2D eigenvalue weighted by molar-refractivity contribution is 6.01. The molecule has 7 nitrogen and oxygen atoms in total. The number of hydrogen-bond acceptors (Lipinski definition) is 7. The van der Waals surface area contributed by atoms with Gasteiger partial charge in [-0.1, -0.05) is 42.5 Å². The fourth-order valence-electron chi connectivity index (χ4n) is 5.09. The van der Waals surface area contributed by atoms with Gasteiger partial charge in [0.2, 0.25) is 13.6 Å². The van der Waals surface area contributed by atoms with E-state index in [1.54, 1.807) is 0 Å². The summed E-state index contributed by atoms with van der Waals surface area (Å²) in [4.78, 5) is 11.8. The normalized spacial score (nSPS) is 13.3. The van der Waals surface area contributed by atoms with Crippen molar-refractivity contribution in [2.45, 2.75) is 25.9 Å². The van der Waals surface area contributed by atoms with Crippen LogP contribution in [-0.2, 0) is 25.9 Å². The highest BCUT2D eigenvalue weighted by atomic mass is 16.7. The predicted octanol–water partition coefficient (Wildman–Crippen LogP) is 4.77. The van der Waals surface area contributed by atoms with Crippen LogP contribution in [0.15, 0.2) is 66.7 Å². The number of fused-ring (bicyclic) bond motifs is 3. The quantitative estimate of drug-likeness (QED) is 0.222. The second-order valence-electron chi connectivity index (χ2n) is 9.50. The van der Waals surface area contributed by atoms with Crippen LogP contribution >= 0.6 is 0 Å². The molecular formula is C31H30N2O5. The van der Waals surface area contributed by atoms with Crippen LogP contribution < -0.4 is 29.6 Å². The molecule has 7 heteroatoms. The van der Waals surface area contributed by atoms with Crippen molar-refractivity contribution in [2.24, 2.45) is 0 Å². The van der Waals surface area contributed by atoms with Gasteiger partial charge < -0.3 is 29.6 Å². The summed E-state index contributed by atoms with van der Waals surface area (Å²) in [5.74, 6) is 3.24. The molecule has 0 aromatic heterocycles. The van der Waals surface area contributed by atoms with Crippen molar-refractivity contribution in [3.05, 3.63) is 94.5 Å². The molecule has 0 bridgehead atoms. The minimum Gasteiger partial charge on any atom is -0.454 e. The SMILES string of the molecule is O=Cc1ccc(CNCCc2ccc3c(c2)OCO3)c2c(CNCCc3ccc4c(c3)OCO4)cccc12. The van der Waals surface area contributed by atoms with Crippen LogP contribution in [-0.4, -0.2) is 33.0 Å². The van der Waals surface area contributed by atoms with Crippen LogP contribution in [0.4, 0.5) is 0 Å². The second kappa shape index (κ2) is 11.1. The lowest BCUT2D eigenvalue weighted by Gasteiger charge is -2.15. The first kappa shape index (κ1) is 24.3. The Labute approximate surface area is 221 Å². The van der Waals surface area contributed by atoms with Crippen LogP contribution in [0.1, 0.15) is 32.6 Å². The number of hydrogen-bond donors (Lipinski definition) is 2. The van der Waals surface area contributed by atoms with Crippen molar-refractivity contribution in [1.82, 2.24) is 10.6 Å². The topological polar surface area (TPSA) is 78.1 Å². The first-order valence-electron chi connectivity index (χ1n) is 13.0. The highest BCUT2D eigenvalue weighted by Gasteiger charge is 2.15. The van der Waals surface area contributed by atoms with Gasteiger partial charge in [0.25, 0.3) is 0 Å². The third kappa shape index (κ3) is 5.16. The fourth-order valence-corrected chi connectivity index (χ4v) is 5.09. The van der Waals surface area contributed by atoms with E-state index in [0.29, 0.717) is 18.7 Å². The summed E-state index contributed by atoms with van der Waals surface area (Å²) in [6.45, 7) is 3.66. The van der Waals surface area contributed by atoms with Gasteiger partial charge in [-0.15, -0.1) is 0 Å². The van der Waals surface area contributed by atoms with Gasteiger partial charge >= 0.3 is 0 Å². The fraction of sp³-hybridized carbons (Fsp3) is 0.258. The Bertz CT molecular complexity index is 1400. The molecule has 0 saturated carbocycles.